The van der Waals surface area contributed by atoms with E-state index >= 15 is 0 Å². The minimum absolute atomic E-state index is 0.00312. The van der Waals surface area contributed by atoms with Gasteiger partial charge in [-0.25, -0.2) is 9.59 Å². The number of esters is 1. The number of amides is 2. The maximum absolute atomic E-state index is 12.2. The third-order valence-electron chi connectivity index (χ3n) is 3.01. The van der Waals surface area contributed by atoms with Gasteiger partial charge in [0.2, 0.25) is 0 Å². The van der Waals surface area contributed by atoms with Gasteiger partial charge in [0.15, 0.2) is 0 Å². The molecule has 2 amide bonds. The van der Waals surface area contributed by atoms with Crippen molar-refractivity contribution in [1.29, 1.82) is 0 Å². The maximum Gasteiger partial charge on any atom is 0.326 e. The van der Waals surface area contributed by atoms with Gasteiger partial charge in [0.1, 0.15) is 12.6 Å². The van der Waals surface area contributed by atoms with E-state index in [9.17, 15) is 19.5 Å². The molecular weight excluding hydrogens is 256 g/mol. The Labute approximate surface area is 110 Å². The fraction of sp³-hybridized carbons (Fsp3) is 0.727. The Morgan fingerprint density at radius 3 is 2.53 bits per heavy atom. The number of carboxylic acid groups (broad SMARTS) is 1. The molecule has 0 aromatic heterocycles. The summed E-state index contributed by atoms with van der Waals surface area (Å²) in [6.45, 7) is 1.62. The number of carboxylic acids is 1. The van der Waals surface area contributed by atoms with Gasteiger partial charge in [-0.1, -0.05) is 0 Å². The van der Waals surface area contributed by atoms with Crippen LogP contribution in [0.15, 0.2) is 0 Å². The first-order chi connectivity index (χ1) is 8.90. The number of ether oxygens (including phenoxy) is 1. The van der Waals surface area contributed by atoms with Crippen LogP contribution >= 0.6 is 0 Å². The second-order valence-electron chi connectivity index (χ2n) is 4.27. The topological polar surface area (TPSA) is 107 Å². The number of hydrogen-bond donors (Lipinski definition) is 2. The zero-order valence-corrected chi connectivity index (χ0v) is 10.9. The molecule has 8 nitrogen and oxygen atoms in total. The van der Waals surface area contributed by atoms with Crippen molar-refractivity contribution in [2.45, 2.75) is 25.5 Å². The average Bonchev–Trinajstić information content (AvgIpc) is 2.77. The standard InChI is InChI=1S/C11H18N2O6/c1-3-12(6-9(15)19-2)11(18)13-5-7(14)4-8(13)10(16)17/h7-8,14H,3-6H2,1-2H3,(H,16,17)/t7-,8-/m1/s1. The SMILES string of the molecule is CCN(CC(=O)OC)C(=O)N1C[C@H](O)C[C@@H]1C(=O)O. The van der Waals surface area contributed by atoms with Gasteiger partial charge in [-0.2, -0.15) is 0 Å². The normalized spacial score (nSPS) is 22.2. The summed E-state index contributed by atoms with van der Waals surface area (Å²) in [7, 11) is 1.21. The van der Waals surface area contributed by atoms with E-state index in [1.54, 1.807) is 6.92 Å². The predicted molar refractivity (Wildman–Crippen MR) is 63.4 cm³/mol. The number of likely N-dealkylation sites (tertiary alicyclic amines) is 1. The summed E-state index contributed by atoms with van der Waals surface area (Å²) in [5.41, 5.74) is 0. The number of methoxy groups -OCH3 is 1. The molecule has 8 heteroatoms. The molecule has 0 radical (unpaired) electrons. The zero-order valence-electron chi connectivity index (χ0n) is 10.9. The monoisotopic (exact) mass is 274 g/mol. The molecule has 1 fully saturated rings. The summed E-state index contributed by atoms with van der Waals surface area (Å²) in [5, 5.41) is 18.5. The van der Waals surface area contributed by atoms with Gasteiger partial charge in [-0.3, -0.25) is 4.79 Å². The lowest BCUT2D eigenvalue weighted by molar-refractivity contribution is -0.141. The van der Waals surface area contributed by atoms with Crippen LogP contribution in [0, 0.1) is 0 Å². The molecule has 0 saturated carbocycles. The maximum atomic E-state index is 12.2. The Kier molecular flexibility index (Phi) is 5.11. The number of aliphatic hydroxyl groups excluding tert-OH is 1. The molecule has 0 unspecified atom stereocenters. The van der Waals surface area contributed by atoms with E-state index in [0.717, 1.165) is 4.90 Å². The number of hydrogen-bond acceptors (Lipinski definition) is 5. The molecule has 108 valence electrons. The van der Waals surface area contributed by atoms with Gasteiger partial charge in [-0.05, 0) is 6.92 Å². The molecule has 19 heavy (non-hydrogen) atoms. The first-order valence-corrected chi connectivity index (χ1v) is 5.93. The van der Waals surface area contributed by atoms with E-state index in [0.29, 0.717) is 0 Å². The third-order valence-corrected chi connectivity index (χ3v) is 3.01. The Balaban J connectivity index is 2.78. The molecule has 1 heterocycles. The van der Waals surface area contributed by atoms with Crippen molar-refractivity contribution in [3.05, 3.63) is 0 Å². The molecule has 1 aliphatic heterocycles. The summed E-state index contributed by atoms with van der Waals surface area (Å²) in [5.74, 6) is -1.75. The van der Waals surface area contributed by atoms with E-state index in [-0.39, 0.29) is 26.1 Å². The quantitative estimate of drug-likeness (QED) is 0.645. The highest BCUT2D eigenvalue weighted by atomic mass is 16.5. The number of β-amino-alcohol motifs (C(OH)–C–C–N with tert-alkyl or cyclic N) is 1. The van der Waals surface area contributed by atoms with Crippen LogP contribution < -0.4 is 0 Å². The number of rotatable bonds is 4. The van der Waals surface area contributed by atoms with Crippen molar-refractivity contribution in [2.24, 2.45) is 0 Å². The molecule has 1 rings (SSSR count). The van der Waals surface area contributed by atoms with Crippen molar-refractivity contribution in [3.63, 3.8) is 0 Å². The first kappa shape index (κ1) is 15.2. The molecule has 2 N–H and O–H groups in total. The van der Waals surface area contributed by atoms with Gasteiger partial charge in [0, 0.05) is 19.5 Å². The highest BCUT2D eigenvalue weighted by molar-refractivity contribution is 5.85. The van der Waals surface area contributed by atoms with Crippen LogP contribution in [0.25, 0.3) is 0 Å². The molecule has 2 atom stereocenters. The first-order valence-electron chi connectivity index (χ1n) is 5.93. The second-order valence-corrected chi connectivity index (χ2v) is 4.27. The summed E-state index contributed by atoms with van der Waals surface area (Å²) in [6.07, 6.45) is -0.862. The van der Waals surface area contributed by atoms with Crippen LogP contribution in [0.2, 0.25) is 0 Å². The number of aliphatic carboxylic acids is 1. The molecule has 0 aromatic rings. The summed E-state index contributed by atoms with van der Waals surface area (Å²) < 4.78 is 4.47. The lowest BCUT2D eigenvalue weighted by atomic mass is 10.2. The van der Waals surface area contributed by atoms with E-state index in [1.165, 1.54) is 12.0 Å². The summed E-state index contributed by atoms with van der Waals surface area (Å²) in [4.78, 5) is 36.6. The minimum Gasteiger partial charge on any atom is -0.480 e. The predicted octanol–water partition coefficient (Wildman–Crippen LogP) is -0.879. The van der Waals surface area contributed by atoms with E-state index < -0.39 is 30.1 Å². The zero-order chi connectivity index (χ0) is 14.6. The Hall–Kier alpha value is -1.83. The van der Waals surface area contributed by atoms with Crippen molar-refractivity contribution in [1.82, 2.24) is 9.80 Å². The van der Waals surface area contributed by atoms with Crippen molar-refractivity contribution in [3.8, 4) is 0 Å². The van der Waals surface area contributed by atoms with Crippen LogP contribution in [-0.2, 0) is 14.3 Å². The number of nitrogens with zero attached hydrogens (tertiary/aromatic N) is 2. The Morgan fingerprint density at radius 2 is 2.05 bits per heavy atom. The minimum atomic E-state index is -1.17. The molecule has 0 spiro atoms. The van der Waals surface area contributed by atoms with Gasteiger partial charge >= 0.3 is 18.0 Å². The third kappa shape index (κ3) is 3.57. The number of urea groups is 1. The molecule has 1 saturated heterocycles. The number of carbonyl (C=O) groups is 3. The van der Waals surface area contributed by atoms with Crippen LogP contribution in [0.3, 0.4) is 0 Å². The fourth-order valence-electron chi connectivity index (χ4n) is 1.98. The fourth-order valence-corrected chi connectivity index (χ4v) is 1.98. The molecular formula is C11H18N2O6. The van der Waals surface area contributed by atoms with Crippen molar-refractivity contribution in [2.75, 3.05) is 26.7 Å². The van der Waals surface area contributed by atoms with Crippen LogP contribution in [0.5, 0.6) is 0 Å². The van der Waals surface area contributed by atoms with Gasteiger partial charge in [-0.15, -0.1) is 0 Å². The number of likely N-dealkylation sites (N-methyl/N-ethyl adjacent to an activating group) is 1. The van der Waals surface area contributed by atoms with E-state index in [2.05, 4.69) is 4.74 Å². The molecule has 1 aliphatic rings. The van der Waals surface area contributed by atoms with Gasteiger partial charge in [0.05, 0.1) is 13.2 Å². The van der Waals surface area contributed by atoms with Crippen LogP contribution in [-0.4, -0.2) is 76.9 Å². The Bertz CT molecular complexity index is 372. The Morgan fingerprint density at radius 1 is 1.42 bits per heavy atom. The van der Waals surface area contributed by atoms with Crippen molar-refractivity contribution < 1.29 is 29.3 Å². The van der Waals surface area contributed by atoms with Gasteiger partial charge in [0.25, 0.3) is 0 Å². The molecule has 0 aromatic carbocycles. The van der Waals surface area contributed by atoms with E-state index in [4.69, 9.17) is 5.11 Å². The molecule has 0 bridgehead atoms. The summed E-state index contributed by atoms with van der Waals surface area (Å²) >= 11 is 0. The van der Waals surface area contributed by atoms with Crippen LogP contribution in [0.4, 0.5) is 4.79 Å². The smallest absolute Gasteiger partial charge is 0.326 e. The summed E-state index contributed by atoms with van der Waals surface area (Å²) in [6, 6.07) is -1.65. The van der Waals surface area contributed by atoms with Gasteiger partial charge < -0.3 is 24.7 Å². The highest BCUT2D eigenvalue weighted by Gasteiger charge is 2.40. The van der Waals surface area contributed by atoms with Crippen LogP contribution in [0.1, 0.15) is 13.3 Å². The number of aliphatic hydroxyl groups is 1. The highest BCUT2D eigenvalue weighted by Crippen LogP contribution is 2.20. The largest absolute Gasteiger partial charge is 0.480 e. The second kappa shape index (κ2) is 6.37. The van der Waals surface area contributed by atoms with E-state index in [1.807, 2.05) is 0 Å². The lowest BCUT2D eigenvalue weighted by Gasteiger charge is -2.28. The average molecular weight is 274 g/mol. The molecule has 0 aliphatic carbocycles. The van der Waals surface area contributed by atoms with Crippen molar-refractivity contribution >= 4 is 18.0 Å². The number of carbonyl (C=O) groups excluding carboxylic acids is 2. The lowest BCUT2D eigenvalue weighted by Crippen LogP contribution is -2.49.